The Morgan fingerprint density at radius 2 is 2.00 bits per heavy atom. The summed E-state index contributed by atoms with van der Waals surface area (Å²) in [6.45, 7) is 3.80. The van der Waals surface area contributed by atoms with Gasteiger partial charge in [0.2, 0.25) is 5.91 Å². The van der Waals surface area contributed by atoms with Gasteiger partial charge in [0, 0.05) is 18.9 Å². The van der Waals surface area contributed by atoms with Crippen LogP contribution in [0.2, 0.25) is 0 Å². The summed E-state index contributed by atoms with van der Waals surface area (Å²) in [6.07, 6.45) is 3.35. The van der Waals surface area contributed by atoms with Gasteiger partial charge in [-0.05, 0) is 22.4 Å². The third-order valence-corrected chi connectivity index (χ3v) is 2.94. The Bertz CT molecular complexity index is 543. The van der Waals surface area contributed by atoms with E-state index in [1.165, 1.54) is 6.07 Å². The number of amides is 2. The van der Waals surface area contributed by atoms with Crippen molar-refractivity contribution in [3.8, 4) is 0 Å². The first-order chi connectivity index (χ1) is 9.97. The summed E-state index contributed by atoms with van der Waals surface area (Å²) >= 11 is 0. The summed E-state index contributed by atoms with van der Waals surface area (Å²) in [6, 6.07) is 2.54. The zero-order valence-electron chi connectivity index (χ0n) is 12.2. The van der Waals surface area contributed by atoms with Crippen LogP contribution in [0.3, 0.4) is 0 Å². The number of imide groups is 1. The summed E-state index contributed by atoms with van der Waals surface area (Å²) in [5.41, 5.74) is 0.519. The molecule has 0 bridgehead atoms. The van der Waals surface area contributed by atoms with Crippen LogP contribution in [0.25, 0.3) is 0 Å². The quantitative estimate of drug-likeness (QED) is 0.472. The number of nitro groups is 1. The summed E-state index contributed by atoms with van der Waals surface area (Å²) in [5, 5.41) is 13.0. The third kappa shape index (κ3) is 5.29. The molecule has 7 heteroatoms. The summed E-state index contributed by atoms with van der Waals surface area (Å²) in [4.78, 5) is 37.5. The van der Waals surface area contributed by atoms with Gasteiger partial charge in [-0.2, -0.15) is 0 Å². The molecule has 1 aromatic rings. The molecule has 21 heavy (non-hydrogen) atoms. The largest absolute Gasteiger partial charge is 0.364 e. The molecule has 0 unspecified atom stereocenters. The molecule has 1 N–H and O–H groups in total. The van der Waals surface area contributed by atoms with E-state index >= 15 is 0 Å². The van der Waals surface area contributed by atoms with Crippen molar-refractivity contribution in [2.24, 2.45) is 0 Å². The normalized spacial score (nSPS) is 10.2. The zero-order valence-corrected chi connectivity index (χ0v) is 12.2. The van der Waals surface area contributed by atoms with Crippen LogP contribution in [-0.4, -0.2) is 21.7 Å². The van der Waals surface area contributed by atoms with Gasteiger partial charge in [-0.15, -0.1) is 0 Å². The Labute approximate surface area is 122 Å². The van der Waals surface area contributed by atoms with Crippen molar-refractivity contribution in [1.82, 2.24) is 10.3 Å². The van der Waals surface area contributed by atoms with E-state index in [-0.39, 0.29) is 17.9 Å². The molecule has 0 saturated heterocycles. The molecule has 0 saturated carbocycles. The highest BCUT2D eigenvalue weighted by Gasteiger charge is 2.18. The highest BCUT2D eigenvalue weighted by Crippen LogP contribution is 2.13. The van der Waals surface area contributed by atoms with Gasteiger partial charge >= 0.3 is 5.82 Å². The van der Waals surface area contributed by atoms with Crippen molar-refractivity contribution in [2.75, 3.05) is 0 Å². The second-order valence-electron chi connectivity index (χ2n) is 4.65. The minimum atomic E-state index is -0.654. The first-order valence-electron chi connectivity index (χ1n) is 6.97. The number of nitrogens with zero attached hydrogens (tertiary/aromatic N) is 2. The van der Waals surface area contributed by atoms with E-state index in [1.807, 2.05) is 6.92 Å². The lowest BCUT2D eigenvalue weighted by Crippen LogP contribution is -2.30. The van der Waals surface area contributed by atoms with Crippen LogP contribution in [0.15, 0.2) is 12.1 Å². The molecule has 0 aromatic carbocycles. The van der Waals surface area contributed by atoms with Crippen LogP contribution in [-0.2, 0) is 11.2 Å². The van der Waals surface area contributed by atoms with Crippen molar-refractivity contribution in [3.63, 3.8) is 0 Å². The molecule has 1 rings (SSSR count). The van der Waals surface area contributed by atoms with Crippen molar-refractivity contribution in [3.05, 3.63) is 33.5 Å². The van der Waals surface area contributed by atoms with Crippen LogP contribution < -0.4 is 5.32 Å². The summed E-state index contributed by atoms with van der Waals surface area (Å²) < 4.78 is 0. The standard InChI is InChI=1S/C14H19N3O4/c1-3-5-6-7-13(18)16-14(19)10-8-11(4-2)15-12(9-10)17(20)21/h8-9H,3-7H2,1-2H3,(H,16,18,19). The summed E-state index contributed by atoms with van der Waals surface area (Å²) in [7, 11) is 0. The second kappa shape index (κ2) is 8.08. The SMILES string of the molecule is CCCCCC(=O)NC(=O)c1cc(CC)nc([N+](=O)[O-])c1. The number of rotatable bonds is 7. The van der Waals surface area contributed by atoms with E-state index < -0.39 is 16.6 Å². The Kier molecular flexibility index (Phi) is 6.45. The highest BCUT2D eigenvalue weighted by atomic mass is 16.6. The minimum Gasteiger partial charge on any atom is -0.358 e. The van der Waals surface area contributed by atoms with Gasteiger partial charge in [-0.3, -0.25) is 14.9 Å². The van der Waals surface area contributed by atoms with E-state index in [1.54, 1.807) is 6.92 Å². The number of hydrogen-bond donors (Lipinski definition) is 1. The fourth-order valence-electron chi connectivity index (χ4n) is 1.77. The number of pyridine rings is 1. The lowest BCUT2D eigenvalue weighted by Gasteiger charge is -2.04. The molecule has 2 amide bonds. The van der Waals surface area contributed by atoms with Crippen molar-refractivity contribution < 1.29 is 14.5 Å². The molecule has 0 spiro atoms. The van der Waals surface area contributed by atoms with E-state index in [4.69, 9.17) is 0 Å². The Hall–Kier alpha value is -2.31. The van der Waals surface area contributed by atoms with Gasteiger partial charge < -0.3 is 10.1 Å². The third-order valence-electron chi connectivity index (χ3n) is 2.94. The molecule has 7 nitrogen and oxygen atoms in total. The Morgan fingerprint density at radius 1 is 1.29 bits per heavy atom. The average molecular weight is 293 g/mol. The predicted octanol–water partition coefficient (Wildman–Crippen LogP) is 2.39. The maximum Gasteiger partial charge on any atom is 0.364 e. The second-order valence-corrected chi connectivity index (χ2v) is 4.65. The molecule has 0 fully saturated rings. The van der Waals surface area contributed by atoms with Gasteiger partial charge in [0.05, 0.1) is 5.56 Å². The molecule has 1 heterocycles. The van der Waals surface area contributed by atoms with Crippen molar-refractivity contribution >= 4 is 17.6 Å². The lowest BCUT2D eigenvalue weighted by atomic mass is 10.1. The molecule has 1 aromatic heterocycles. The number of hydrogen-bond acceptors (Lipinski definition) is 5. The van der Waals surface area contributed by atoms with Crippen LogP contribution in [0, 0.1) is 10.1 Å². The van der Waals surface area contributed by atoms with Crippen molar-refractivity contribution in [1.29, 1.82) is 0 Å². The molecular weight excluding hydrogens is 274 g/mol. The first-order valence-corrected chi connectivity index (χ1v) is 6.97. The van der Waals surface area contributed by atoms with E-state index in [9.17, 15) is 19.7 Å². The molecule has 114 valence electrons. The molecule has 0 atom stereocenters. The monoisotopic (exact) mass is 293 g/mol. The van der Waals surface area contributed by atoms with E-state index in [0.29, 0.717) is 18.5 Å². The van der Waals surface area contributed by atoms with Gasteiger partial charge in [0.1, 0.15) is 0 Å². The van der Waals surface area contributed by atoms with Gasteiger partial charge in [0.25, 0.3) is 5.91 Å². The number of aryl methyl sites for hydroxylation is 1. The van der Waals surface area contributed by atoms with Gasteiger partial charge in [-0.1, -0.05) is 26.7 Å². The number of aromatic nitrogens is 1. The van der Waals surface area contributed by atoms with Crippen LogP contribution in [0.4, 0.5) is 5.82 Å². The minimum absolute atomic E-state index is 0.0809. The van der Waals surface area contributed by atoms with E-state index in [0.717, 1.165) is 18.9 Å². The lowest BCUT2D eigenvalue weighted by molar-refractivity contribution is -0.389. The predicted molar refractivity (Wildman–Crippen MR) is 76.9 cm³/mol. The smallest absolute Gasteiger partial charge is 0.358 e. The maximum atomic E-state index is 11.9. The number of carbonyl (C=O) groups is 2. The van der Waals surface area contributed by atoms with Crippen molar-refractivity contribution in [2.45, 2.75) is 46.0 Å². The zero-order chi connectivity index (χ0) is 15.8. The first kappa shape index (κ1) is 16.7. The van der Waals surface area contributed by atoms with Gasteiger partial charge in [0.15, 0.2) is 5.69 Å². The fraction of sp³-hybridized carbons (Fsp3) is 0.500. The van der Waals surface area contributed by atoms with Crippen LogP contribution in [0.5, 0.6) is 0 Å². The Balaban J connectivity index is 2.79. The highest BCUT2D eigenvalue weighted by molar-refractivity contribution is 6.04. The number of unbranched alkanes of at least 4 members (excludes halogenated alkanes) is 2. The number of carbonyl (C=O) groups excluding carboxylic acids is 2. The Morgan fingerprint density at radius 3 is 2.57 bits per heavy atom. The van der Waals surface area contributed by atoms with Gasteiger partial charge in [-0.25, -0.2) is 0 Å². The van der Waals surface area contributed by atoms with Crippen LogP contribution >= 0.6 is 0 Å². The average Bonchev–Trinajstić information content (AvgIpc) is 2.46. The van der Waals surface area contributed by atoms with E-state index in [2.05, 4.69) is 10.3 Å². The molecule has 0 aliphatic carbocycles. The number of nitrogens with one attached hydrogen (secondary N) is 1. The summed E-state index contributed by atoms with van der Waals surface area (Å²) in [5.74, 6) is -1.39. The topological polar surface area (TPSA) is 102 Å². The molecule has 0 radical (unpaired) electrons. The molecular formula is C14H19N3O4. The molecule has 0 aliphatic heterocycles. The maximum absolute atomic E-state index is 11.9. The fourth-order valence-corrected chi connectivity index (χ4v) is 1.77. The van der Waals surface area contributed by atoms with Crippen LogP contribution in [0.1, 0.15) is 55.6 Å². The molecule has 0 aliphatic rings.